The molecule has 0 saturated heterocycles. The van der Waals surface area contributed by atoms with Crippen molar-refractivity contribution in [2.75, 3.05) is 11.3 Å². The Labute approximate surface area is 99.1 Å². The Morgan fingerprint density at radius 2 is 2.24 bits per heavy atom. The molecule has 0 spiro atoms. The number of carbonyl (C=O) groups is 1. The normalized spacial score (nSPS) is 11.1. The van der Waals surface area contributed by atoms with Gasteiger partial charge in [0.25, 0.3) is 10.2 Å². The van der Waals surface area contributed by atoms with Crippen LogP contribution in [0.25, 0.3) is 0 Å². The third-order valence-corrected chi connectivity index (χ3v) is 2.86. The minimum Gasteiger partial charge on any atom is -0.477 e. The van der Waals surface area contributed by atoms with E-state index in [-0.39, 0.29) is 11.4 Å². The number of aromatic carboxylic acids is 1. The van der Waals surface area contributed by atoms with Crippen LogP contribution < -0.4 is 9.44 Å². The van der Waals surface area contributed by atoms with Crippen molar-refractivity contribution in [2.24, 2.45) is 0 Å². The van der Waals surface area contributed by atoms with E-state index in [4.69, 9.17) is 5.11 Å². The minimum absolute atomic E-state index is 0.154. The molecular weight excluding hydrogens is 246 g/mol. The molecule has 0 saturated carbocycles. The van der Waals surface area contributed by atoms with Crippen LogP contribution in [0, 0.1) is 0 Å². The van der Waals surface area contributed by atoms with Gasteiger partial charge in [-0.3, -0.25) is 4.72 Å². The van der Waals surface area contributed by atoms with Crippen LogP contribution in [0.4, 0.5) is 5.69 Å². The highest BCUT2D eigenvalue weighted by atomic mass is 32.2. The van der Waals surface area contributed by atoms with Crippen molar-refractivity contribution in [2.45, 2.75) is 13.3 Å². The van der Waals surface area contributed by atoms with E-state index in [0.717, 1.165) is 6.07 Å². The number of carboxylic acids is 1. The summed E-state index contributed by atoms with van der Waals surface area (Å²) >= 11 is 0. The van der Waals surface area contributed by atoms with Gasteiger partial charge in [-0.1, -0.05) is 6.92 Å². The molecule has 1 aromatic rings. The van der Waals surface area contributed by atoms with E-state index in [1.807, 2.05) is 6.92 Å². The Hall–Kier alpha value is -1.67. The molecule has 1 rings (SSSR count). The number of carboxylic acid groups (broad SMARTS) is 1. The molecule has 0 fully saturated rings. The van der Waals surface area contributed by atoms with Crippen LogP contribution in [0.5, 0.6) is 0 Å². The summed E-state index contributed by atoms with van der Waals surface area (Å²) in [6.07, 6.45) is 1.89. The monoisotopic (exact) mass is 259 g/mol. The third kappa shape index (κ3) is 4.37. The number of anilines is 1. The van der Waals surface area contributed by atoms with Crippen molar-refractivity contribution in [1.29, 1.82) is 0 Å². The molecule has 0 aliphatic carbocycles. The number of hydrogen-bond acceptors (Lipinski definition) is 4. The first-order valence-electron chi connectivity index (χ1n) is 4.91. The van der Waals surface area contributed by atoms with Crippen LogP contribution >= 0.6 is 0 Å². The first kappa shape index (κ1) is 13.4. The van der Waals surface area contributed by atoms with E-state index < -0.39 is 16.2 Å². The van der Waals surface area contributed by atoms with Crippen LogP contribution in [0.1, 0.15) is 23.8 Å². The van der Waals surface area contributed by atoms with Crippen molar-refractivity contribution in [1.82, 2.24) is 9.71 Å². The number of rotatable bonds is 6. The van der Waals surface area contributed by atoms with Crippen molar-refractivity contribution in [3.05, 3.63) is 24.0 Å². The predicted molar refractivity (Wildman–Crippen MR) is 62.0 cm³/mol. The van der Waals surface area contributed by atoms with E-state index in [0.29, 0.717) is 13.0 Å². The molecule has 0 aromatic carbocycles. The summed E-state index contributed by atoms with van der Waals surface area (Å²) in [6.45, 7) is 2.14. The zero-order chi connectivity index (χ0) is 12.9. The molecule has 0 radical (unpaired) electrons. The van der Waals surface area contributed by atoms with Crippen molar-refractivity contribution >= 4 is 21.9 Å². The molecule has 17 heavy (non-hydrogen) atoms. The second-order valence-corrected chi connectivity index (χ2v) is 4.73. The zero-order valence-corrected chi connectivity index (χ0v) is 9.99. The second kappa shape index (κ2) is 5.60. The molecule has 0 atom stereocenters. The van der Waals surface area contributed by atoms with Gasteiger partial charge in [-0.05, 0) is 18.6 Å². The van der Waals surface area contributed by atoms with Crippen LogP contribution in [0.3, 0.4) is 0 Å². The molecule has 0 bridgehead atoms. The maximum atomic E-state index is 11.4. The quantitative estimate of drug-likeness (QED) is 0.686. The maximum absolute atomic E-state index is 11.4. The zero-order valence-electron chi connectivity index (χ0n) is 9.17. The summed E-state index contributed by atoms with van der Waals surface area (Å²) in [5.74, 6) is -1.22. The van der Waals surface area contributed by atoms with Crippen molar-refractivity contribution < 1.29 is 18.3 Å². The van der Waals surface area contributed by atoms with Crippen molar-refractivity contribution in [3.63, 3.8) is 0 Å². The average molecular weight is 259 g/mol. The van der Waals surface area contributed by atoms with E-state index in [2.05, 4.69) is 14.4 Å². The van der Waals surface area contributed by atoms with Gasteiger partial charge < -0.3 is 5.11 Å². The van der Waals surface area contributed by atoms with Crippen LogP contribution in [-0.4, -0.2) is 31.0 Å². The lowest BCUT2D eigenvalue weighted by Gasteiger charge is -2.08. The molecule has 0 amide bonds. The van der Waals surface area contributed by atoms with E-state index in [1.54, 1.807) is 0 Å². The first-order chi connectivity index (χ1) is 7.94. The molecule has 0 aliphatic rings. The first-order valence-corrected chi connectivity index (χ1v) is 6.39. The number of nitrogens with zero attached hydrogens (tertiary/aromatic N) is 1. The highest BCUT2D eigenvalue weighted by Gasteiger charge is 2.10. The van der Waals surface area contributed by atoms with E-state index >= 15 is 0 Å². The number of aromatic nitrogens is 1. The number of nitrogens with one attached hydrogen (secondary N) is 2. The highest BCUT2D eigenvalue weighted by molar-refractivity contribution is 7.90. The van der Waals surface area contributed by atoms with Crippen LogP contribution in [0.2, 0.25) is 0 Å². The SMILES string of the molecule is CCCNS(=O)(=O)Nc1ccnc(C(=O)O)c1. The van der Waals surface area contributed by atoms with Gasteiger partial charge in [0.2, 0.25) is 0 Å². The Balaban J connectivity index is 2.81. The molecule has 94 valence electrons. The summed E-state index contributed by atoms with van der Waals surface area (Å²) in [4.78, 5) is 14.2. The maximum Gasteiger partial charge on any atom is 0.354 e. The fourth-order valence-corrected chi connectivity index (χ4v) is 2.02. The lowest BCUT2D eigenvalue weighted by molar-refractivity contribution is 0.0690. The lowest BCUT2D eigenvalue weighted by atomic mass is 10.3. The van der Waals surface area contributed by atoms with E-state index in [1.165, 1.54) is 12.3 Å². The van der Waals surface area contributed by atoms with Gasteiger partial charge in [0.15, 0.2) is 0 Å². The van der Waals surface area contributed by atoms with Crippen LogP contribution in [0.15, 0.2) is 18.3 Å². The van der Waals surface area contributed by atoms with Gasteiger partial charge >= 0.3 is 5.97 Å². The fraction of sp³-hybridized carbons (Fsp3) is 0.333. The number of pyridine rings is 1. The smallest absolute Gasteiger partial charge is 0.354 e. The Bertz CT molecular complexity index is 501. The van der Waals surface area contributed by atoms with Crippen LogP contribution in [-0.2, 0) is 10.2 Å². The fourth-order valence-electron chi connectivity index (χ4n) is 1.04. The standard InChI is InChI=1S/C9H13N3O4S/c1-2-4-11-17(15,16)12-7-3-5-10-8(6-7)9(13)14/h3,5-6,11H,2,4H2,1H3,(H,10,12)(H,13,14). The third-order valence-electron chi connectivity index (χ3n) is 1.77. The van der Waals surface area contributed by atoms with E-state index in [9.17, 15) is 13.2 Å². The second-order valence-electron chi connectivity index (χ2n) is 3.23. The van der Waals surface area contributed by atoms with Gasteiger partial charge in [0.05, 0.1) is 5.69 Å². The summed E-state index contributed by atoms with van der Waals surface area (Å²) in [6, 6.07) is 2.52. The topological polar surface area (TPSA) is 108 Å². The largest absolute Gasteiger partial charge is 0.477 e. The summed E-state index contributed by atoms with van der Waals surface area (Å²) in [7, 11) is -3.66. The van der Waals surface area contributed by atoms with Gasteiger partial charge in [-0.2, -0.15) is 13.1 Å². The molecule has 1 aromatic heterocycles. The van der Waals surface area contributed by atoms with Gasteiger partial charge in [-0.15, -0.1) is 0 Å². The minimum atomic E-state index is -3.66. The highest BCUT2D eigenvalue weighted by Crippen LogP contribution is 2.09. The summed E-state index contributed by atoms with van der Waals surface area (Å²) in [5.41, 5.74) is -0.0679. The molecule has 1 heterocycles. The summed E-state index contributed by atoms with van der Waals surface area (Å²) in [5, 5.41) is 8.69. The molecule has 0 aliphatic heterocycles. The molecular formula is C9H13N3O4S. The summed E-state index contributed by atoms with van der Waals surface area (Å²) < 4.78 is 27.4. The molecule has 8 heteroatoms. The average Bonchev–Trinajstić information content (AvgIpc) is 2.26. The number of hydrogen-bond donors (Lipinski definition) is 3. The molecule has 7 nitrogen and oxygen atoms in total. The Morgan fingerprint density at radius 3 is 2.82 bits per heavy atom. The Morgan fingerprint density at radius 1 is 1.53 bits per heavy atom. The Kier molecular flexibility index (Phi) is 4.41. The predicted octanol–water partition coefficient (Wildman–Crippen LogP) is 0.436. The van der Waals surface area contributed by atoms with Gasteiger partial charge in [0.1, 0.15) is 5.69 Å². The van der Waals surface area contributed by atoms with Crippen molar-refractivity contribution in [3.8, 4) is 0 Å². The van der Waals surface area contributed by atoms with Gasteiger partial charge in [-0.25, -0.2) is 9.78 Å². The molecule has 0 unspecified atom stereocenters. The molecule has 3 N–H and O–H groups in total. The lowest BCUT2D eigenvalue weighted by Crippen LogP contribution is -2.30. The van der Waals surface area contributed by atoms with Gasteiger partial charge in [0, 0.05) is 12.7 Å².